The third-order valence-electron chi connectivity index (χ3n) is 2.34. The number of ether oxygens (including phenoxy) is 1. The number of aliphatic hydroxyl groups excluding tert-OH is 2. The molecule has 1 amide bonds. The molecule has 94 valence electrons. The van der Waals surface area contributed by atoms with Crippen molar-refractivity contribution in [2.75, 3.05) is 33.4 Å². The third kappa shape index (κ3) is 3.72. The van der Waals surface area contributed by atoms with Crippen molar-refractivity contribution in [2.24, 2.45) is 0 Å². The van der Waals surface area contributed by atoms with Gasteiger partial charge in [0.05, 0.1) is 20.3 Å². The Labute approximate surface area is 100 Å². The van der Waals surface area contributed by atoms with Crippen LogP contribution in [0.1, 0.15) is 10.4 Å². The summed E-state index contributed by atoms with van der Waals surface area (Å²) in [6.45, 7) is 0.151. The highest BCUT2D eigenvalue weighted by atomic mass is 16.5. The molecule has 17 heavy (non-hydrogen) atoms. The van der Waals surface area contributed by atoms with Gasteiger partial charge >= 0.3 is 0 Å². The summed E-state index contributed by atoms with van der Waals surface area (Å²) in [5, 5.41) is 17.7. The van der Waals surface area contributed by atoms with Crippen molar-refractivity contribution in [1.82, 2.24) is 4.90 Å². The number of methoxy groups -OCH3 is 1. The summed E-state index contributed by atoms with van der Waals surface area (Å²) < 4.78 is 5.04. The molecule has 0 saturated heterocycles. The Kier molecular flexibility index (Phi) is 5.45. The van der Waals surface area contributed by atoms with Crippen LogP contribution in [0.15, 0.2) is 24.3 Å². The molecule has 1 aromatic carbocycles. The predicted molar refractivity (Wildman–Crippen MR) is 63.1 cm³/mol. The van der Waals surface area contributed by atoms with E-state index in [-0.39, 0.29) is 32.2 Å². The van der Waals surface area contributed by atoms with Crippen LogP contribution in [0.2, 0.25) is 0 Å². The van der Waals surface area contributed by atoms with Crippen molar-refractivity contribution in [2.45, 2.75) is 0 Å². The van der Waals surface area contributed by atoms with E-state index in [1.807, 2.05) is 0 Å². The first kappa shape index (κ1) is 13.5. The number of amides is 1. The van der Waals surface area contributed by atoms with E-state index in [9.17, 15) is 4.79 Å². The van der Waals surface area contributed by atoms with Crippen LogP contribution >= 0.6 is 0 Å². The van der Waals surface area contributed by atoms with Crippen LogP contribution in [0.25, 0.3) is 0 Å². The molecule has 0 bridgehead atoms. The van der Waals surface area contributed by atoms with E-state index >= 15 is 0 Å². The van der Waals surface area contributed by atoms with Gasteiger partial charge in [-0.3, -0.25) is 4.79 Å². The fraction of sp³-hybridized carbons (Fsp3) is 0.417. The zero-order chi connectivity index (χ0) is 12.7. The summed E-state index contributed by atoms with van der Waals surface area (Å²) in [4.78, 5) is 13.4. The first-order chi connectivity index (χ1) is 8.22. The van der Waals surface area contributed by atoms with E-state index < -0.39 is 0 Å². The second-order valence-electron chi connectivity index (χ2n) is 3.47. The molecule has 1 aromatic rings. The number of aliphatic hydroxyl groups is 2. The predicted octanol–water partition coefficient (Wildman–Crippen LogP) is 0.122. The van der Waals surface area contributed by atoms with E-state index in [1.165, 1.54) is 12.0 Å². The minimum absolute atomic E-state index is 0.129. The van der Waals surface area contributed by atoms with Crippen molar-refractivity contribution in [3.8, 4) is 5.75 Å². The molecule has 0 saturated carbocycles. The van der Waals surface area contributed by atoms with Gasteiger partial charge in [-0.2, -0.15) is 0 Å². The van der Waals surface area contributed by atoms with Gasteiger partial charge in [-0.25, -0.2) is 0 Å². The Morgan fingerprint density at radius 2 is 1.94 bits per heavy atom. The lowest BCUT2D eigenvalue weighted by Crippen LogP contribution is -2.35. The van der Waals surface area contributed by atoms with E-state index in [0.29, 0.717) is 11.3 Å². The lowest BCUT2D eigenvalue weighted by molar-refractivity contribution is 0.0684. The van der Waals surface area contributed by atoms with Gasteiger partial charge in [0.15, 0.2) is 0 Å². The van der Waals surface area contributed by atoms with Crippen LogP contribution in [0, 0.1) is 0 Å². The normalized spacial score (nSPS) is 10.1. The first-order valence-electron chi connectivity index (χ1n) is 5.38. The molecule has 0 fully saturated rings. The highest BCUT2D eigenvalue weighted by molar-refractivity contribution is 5.94. The van der Waals surface area contributed by atoms with Crippen molar-refractivity contribution in [3.63, 3.8) is 0 Å². The van der Waals surface area contributed by atoms with Crippen LogP contribution < -0.4 is 4.74 Å². The fourth-order valence-electron chi connectivity index (χ4n) is 1.49. The molecule has 0 heterocycles. The summed E-state index contributed by atoms with van der Waals surface area (Å²) in [7, 11) is 1.53. The number of carbonyl (C=O) groups is 1. The van der Waals surface area contributed by atoms with Gasteiger partial charge in [-0.15, -0.1) is 0 Å². The second-order valence-corrected chi connectivity index (χ2v) is 3.47. The van der Waals surface area contributed by atoms with Crippen molar-refractivity contribution < 1.29 is 19.7 Å². The highest BCUT2D eigenvalue weighted by Gasteiger charge is 2.15. The van der Waals surface area contributed by atoms with Crippen molar-refractivity contribution >= 4 is 5.91 Å². The summed E-state index contributed by atoms with van der Waals surface area (Å²) in [5.74, 6) is 0.371. The van der Waals surface area contributed by atoms with E-state index in [0.717, 1.165) is 0 Å². The smallest absolute Gasteiger partial charge is 0.254 e. The Morgan fingerprint density at radius 1 is 1.29 bits per heavy atom. The van der Waals surface area contributed by atoms with E-state index in [4.69, 9.17) is 14.9 Å². The third-order valence-corrected chi connectivity index (χ3v) is 2.34. The molecule has 2 N–H and O–H groups in total. The van der Waals surface area contributed by atoms with Crippen LogP contribution in [0.4, 0.5) is 0 Å². The summed E-state index contributed by atoms with van der Waals surface area (Å²) in [5.41, 5.74) is 0.478. The van der Waals surface area contributed by atoms with E-state index in [1.54, 1.807) is 24.3 Å². The highest BCUT2D eigenvalue weighted by Crippen LogP contribution is 2.14. The second kappa shape index (κ2) is 6.88. The Bertz CT molecular complexity index is 361. The SMILES string of the molecule is COc1cccc(C(=O)N(CCO)CCO)c1. The zero-order valence-corrected chi connectivity index (χ0v) is 9.80. The average molecular weight is 239 g/mol. The molecular formula is C12H17NO4. The molecule has 0 aliphatic heterocycles. The number of hydrogen-bond acceptors (Lipinski definition) is 4. The largest absolute Gasteiger partial charge is 0.497 e. The molecule has 0 radical (unpaired) electrons. The van der Waals surface area contributed by atoms with Gasteiger partial charge in [0.25, 0.3) is 5.91 Å². The quantitative estimate of drug-likeness (QED) is 0.740. The van der Waals surface area contributed by atoms with Gasteiger partial charge in [-0.1, -0.05) is 6.07 Å². The van der Waals surface area contributed by atoms with Crippen molar-refractivity contribution in [1.29, 1.82) is 0 Å². The fourth-order valence-corrected chi connectivity index (χ4v) is 1.49. The standard InChI is InChI=1S/C12H17NO4/c1-17-11-4-2-3-10(9-11)12(16)13(5-7-14)6-8-15/h2-4,9,14-15H,5-8H2,1H3. The summed E-state index contributed by atoms with van der Waals surface area (Å²) in [6, 6.07) is 6.78. The van der Waals surface area contributed by atoms with Crippen molar-refractivity contribution in [3.05, 3.63) is 29.8 Å². The topological polar surface area (TPSA) is 70.0 Å². The molecule has 1 rings (SSSR count). The number of rotatable bonds is 6. The van der Waals surface area contributed by atoms with Gasteiger partial charge in [0.1, 0.15) is 5.75 Å². The van der Waals surface area contributed by atoms with Gasteiger partial charge in [0, 0.05) is 18.7 Å². The molecule has 0 unspecified atom stereocenters. The minimum atomic E-state index is -0.230. The minimum Gasteiger partial charge on any atom is -0.497 e. The average Bonchev–Trinajstić information content (AvgIpc) is 2.38. The van der Waals surface area contributed by atoms with Gasteiger partial charge < -0.3 is 19.8 Å². The Morgan fingerprint density at radius 3 is 2.47 bits per heavy atom. The van der Waals surface area contributed by atoms with Crippen LogP contribution in [-0.4, -0.2) is 54.4 Å². The Hall–Kier alpha value is -1.59. The maximum Gasteiger partial charge on any atom is 0.254 e. The van der Waals surface area contributed by atoms with Gasteiger partial charge in [-0.05, 0) is 18.2 Å². The number of hydrogen-bond donors (Lipinski definition) is 2. The molecular weight excluding hydrogens is 222 g/mol. The number of carbonyl (C=O) groups excluding carboxylic acids is 1. The molecule has 0 aromatic heterocycles. The van der Waals surface area contributed by atoms with E-state index in [2.05, 4.69) is 0 Å². The first-order valence-corrected chi connectivity index (χ1v) is 5.38. The van der Waals surface area contributed by atoms with Crippen LogP contribution in [0.5, 0.6) is 5.75 Å². The van der Waals surface area contributed by atoms with Crippen LogP contribution in [-0.2, 0) is 0 Å². The maximum absolute atomic E-state index is 12.0. The lowest BCUT2D eigenvalue weighted by Gasteiger charge is -2.20. The number of benzene rings is 1. The molecule has 0 atom stereocenters. The maximum atomic E-state index is 12.0. The lowest BCUT2D eigenvalue weighted by atomic mass is 10.2. The summed E-state index contributed by atoms with van der Waals surface area (Å²) in [6.07, 6.45) is 0. The Balaban J connectivity index is 2.84. The molecule has 0 aliphatic rings. The summed E-state index contributed by atoms with van der Waals surface area (Å²) >= 11 is 0. The zero-order valence-electron chi connectivity index (χ0n) is 9.80. The molecule has 0 aliphatic carbocycles. The van der Waals surface area contributed by atoms with Gasteiger partial charge in [0.2, 0.25) is 0 Å². The number of nitrogens with zero attached hydrogens (tertiary/aromatic N) is 1. The molecule has 5 heteroatoms. The van der Waals surface area contributed by atoms with Crippen LogP contribution in [0.3, 0.4) is 0 Å². The molecule has 0 spiro atoms. The molecule has 5 nitrogen and oxygen atoms in total. The monoisotopic (exact) mass is 239 g/mol.